The zero-order valence-electron chi connectivity index (χ0n) is 11.8. The Balaban J connectivity index is 2.12. The monoisotopic (exact) mass is 258 g/mol. The van der Waals surface area contributed by atoms with Gasteiger partial charge in [-0.25, -0.2) is 0 Å². The van der Waals surface area contributed by atoms with E-state index in [1.807, 2.05) is 24.0 Å². The summed E-state index contributed by atoms with van der Waals surface area (Å²) >= 11 is 0. The number of nitrogens with one attached hydrogen (secondary N) is 1. The highest BCUT2D eigenvalue weighted by molar-refractivity contribution is 5.27. The van der Waals surface area contributed by atoms with Gasteiger partial charge in [0.25, 0.3) is 0 Å². The molecule has 0 spiro atoms. The van der Waals surface area contributed by atoms with E-state index < -0.39 is 0 Å². The predicted octanol–water partition coefficient (Wildman–Crippen LogP) is 2.29. The quantitative estimate of drug-likeness (QED) is 0.639. The van der Waals surface area contributed by atoms with Gasteiger partial charge in [0.05, 0.1) is 11.7 Å². The van der Waals surface area contributed by atoms with Crippen LogP contribution in [0.3, 0.4) is 0 Å². The zero-order chi connectivity index (χ0) is 13.8. The highest BCUT2D eigenvalue weighted by Crippen LogP contribution is 2.20. The molecule has 0 amide bonds. The molecule has 102 valence electrons. The van der Waals surface area contributed by atoms with Crippen molar-refractivity contribution in [2.75, 3.05) is 0 Å². The molecule has 4 heteroatoms. The molecule has 2 rings (SSSR count). The van der Waals surface area contributed by atoms with E-state index in [1.165, 1.54) is 11.1 Å². The molecule has 0 bridgehead atoms. The van der Waals surface area contributed by atoms with Crippen molar-refractivity contribution in [1.82, 2.24) is 15.2 Å². The molecule has 1 heterocycles. The first-order valence-corrected chi connectivity index (χ1v) is 6.64. The molecular formula is C15H22N4. The number of hydrogen-bond acceptors (Lipinski definition) is 3. The predicted molar refractivity (Wildman–Crippen MR) is 77.5 cm³/mol. The van der Waals surface area contributed by atoms with Crippen LogP contribution in [0.15, 0.2) is 36.5 Å². The number of aromatic nitrogens is 2. The minimum atomic E-state index is 0.0936. The van der Waals surface area contributed by atoms with Crippen molar-refractivity contribution < 1.29 is 0 Å². The molecule has 1 atom stereocenters. The van der Waals surface area contributed by atoms with Crippen molar-refractivity contribution >= 4 is 0 Å². The molecule has 19 heavy (non-hydrogen) atoms. The molecule has 0 saturated carbocycles. The highest BCUT2D eigenvalue weighted by Gasteiger charge is 2.12. The normalized spacial score (nSPS) is 12.9. The van der Waals surface area contributed by atoms with Crippen LogP contribution >= 0.6 is 0 Å². The van der Waals surface area contributed by atoms with E-state index >= 15 is 0 Å². The fourth-order valence-electron chi connectivity index (χ4n) is 2.17. The first-order chi connectivity index (χ1) is 9.10. The van der Waals surface area contributed by atoms with Gasteiger partial charge in [0.1, 0.15) is 0 Å². The fraction of sp³-hybridized carbons (Fsp3) is 0.400. The van der Waals surface area contributed by atoms with E-state index in [-0.39, 0.29) is 6.04 Å². The number of benzene rings is 1. The summed E-state index contributed by atoms with van der Waals surface area (Å²) in [5.74, 6) is 6.22. The Morgan fingerprint density at radius 2 is 1.79 bits per heavy atom. The van der Waals surface area contributed by atoms with Crippen LogP contribution in [0, 0.1) is 0 Å². The number of hydrogen-bond donors (Lipinski definition) is 2. The van der Waals surface area contributed by atoms with Crippen molar-refractivity contribution in [1.29, 1.82) is 0 Å². The lowest BCUT2D eigenvalue weighted by Crippen LogP contribution is -2.29. The molecule has 0 aliphatic heterocycles. The van der Waals surface area contributed by atoms with E-state index in [0.29, 0.717) is 5.92 Å². The number of hydrazine groups is 1. The molecule has 4 nitrogen and oxygen atoms in total. The van der Waals surface area contributed by atoms with Crippen LogP contribution in [-0.4, -0.2) is 9.78 Å². The van der Waals surface area contributed by atoms with Crippen LogP contribution < -0.4 is 11.3 Å². The van der Waals surface area contributed by atoms with Crippen molar-refractivity contribution in [3.8, 4) is 0 Å². The van der Waals surface area contributed by atoms with Crippen molar-refractivity contribution in [3.05, 3.63) is 53.3 Å². The van der Waals surface area contributed by atoms with Crippen LogP contribution in [0.5, 0.6) is 0 Å². The number of rotatable bonds is 5. The summed E-state index contributed by atoms with van der Waals surface area (Å²) in [6.07, 6.45) is 2.74. The second-order valence-corrected chi connectivity index (χ2v) is 5.23. The molecule has 2 aromatic rings. The van der Waals surface area contributed by atoms with Gasteiger partial charge in [-0.05, 0) is 23.1 Å². The molecule has 0 radical (unpaired) electrons. The van der Waals surface area contributed by atoms with Crippen LogP contribution in [0.2, 0.25) is 0 Å². The summed E-state index contributed by atoms with van der Waals surface area (Å²) in [6, 6.07) is 10.7. The largest absolute Gasteiger partial charge is 0.276 e. The van der Waals surface area contributed by atoms with Gasteiger partial charge in [0.2, 0.25) is 0 Å². The van der Waals surface area contributed by atoms with E-state index in [4.69, 9.17) is 5.84 Å². The minimum Gasteiger partial charge on any atom is -0.276 e. The molecule has 1 unspecified atom stereocenters. The molecule has 3 N–H and O–H groups in total. The lowest BCUT2D eigenvalue weighted by molar-refractivity contribution is 0.541. The van der Waals surface area contributed by atoms with Crippen LogP contribution in [0.25, 0.3) is 0 Å². The van der Waals surface area contributed by atoms with Gasteiger partial charge in [-0.2, -0.15) is 5.10 Å². The number of nitrogens with two attached hydrogens (primary N) is 1. The maximum absolute atomic E-state index is 5.67. The van der Waals surface area contributed by atoms with Gasteiger partial charge in [-0.3, -0.25) is 16.0 Å². The summed E-state index contributed by atoms with van der Waals surface area (Å²) in [5.41, 5.74) is 6.45. The summed E-state index contributed by atoms with van der Waals surface area (Å²) in [4.78, 5) is 0. The Hall–Kier alpha value is -1.65. The van der Waals surface area contributed by atoms with Gasteiger partial charge in [-0.1, -0.05) is 38.1 Å². The van der Waals surface area contributed by atoms with Crippen LogP contribution in [0.1, 0.15) is 42.6 Å². The SMILES string of the molecule is CC(C)c1ccc(C(Cc2ccn(C)n2)NN)cc1. The van der Waals surface area contributed by atoms with Gasteiger partial charge in [0.15, 0.2) is 0 Å². The standard InChI is InChI=1S/C15H22N4/c1-11(2)12-4-6-13(7-5-12)15(17-16)10-14-8-9-19(3)18-14/h4-9,11,15,17H,10,16H2,1-3H3. The average Bonchev–Trinajstić information content (AvgIpc) is 2.81. The third-order valence-electron chi connectivity index (χ3n) is 3.39. The molecule has 1 aromatic heterocycles. The summed E-state index contributed by atoms with van der Waals surface area (Å²) in [6.45, 7) is 4.39. The van der Waals surface area contributed by atoms with Gasteiger partial charge >= 0.3 is 0 Å². The molecule has 0 fully saturated rings. The summed E-state index contributed by atoms with van der Waals surface area (Å²) in [5, 5.41) is 4.39. The Morgan fingerprint density at radius 1 is 1.16 bits per heavy atom. The molecule has 0 aliphatic carbocycles. The molecular weight excluding hydrogens is 236 g/mol. The first kappa shape index (κ1) is 13.8. The van der Waals surface area contributed by atoms with Crippen LogP contribution in [0.4, 0.5) is 0 Å². The Morgan fingerprint density at radius 3 is 2.26 bits per heavy atom. The lowest BCUT2D eigenvalue weighted by Gasteiger charge is -2.16. The van der Waals surface area contributed by atoms with Crippen LogP contribution in [-0.2, 0) is 13.5 Å². The fourth-order valence-corrected chi connectivity index (χ4v) is 2.17. The third kappa shape index (κ3) is 3.43. The van der Waals surface area contributed by atoms with Crippen molar-refractivity contribution in [3.63, 3.8) is 0 Å². The van der Waals surface area contributed by atoms with Crippen molar-refractivity contribution in [2.45, 2.75) is 32.2 Å². The topological polar surface area (TPSA) is 55.9 Å². The van der Waals surface area contributed by atoms with E-state index in [9.17, 15) is 0 Å². The second-order valence-electron chi connectivity index (χ2n) is 5.23. The summed E-state index contributed by atoms with van der Waals surface area (Å²) in [7, 11) is 1.92. The minimum absolute atomic E-state index is 0.0936. The maximum Gasteiger partial charge on any atom is 0.0643 e. The van der Waals surface area contributed by atoms with Gasteiger partial charge < -0.3 is 0 Å². The number of nitrogens with zero attached hydrogens (tertiary/aromatic N) is 2. The lowest BCUT2D eigenvalue weighted by atomic mass is 9.97. The highest BCUT2D eigenvalue weighted by atomic mass is 15.3. The van der Waals surface area contributed by atoms with E-state index in [2.05, 4.69) is 48.6 Å². The molecule has 1 aromatic carbocycles. The maximum atomic E-state index is 5.67. The van der Waals surface area contributed by atoms with E-state index in [1.54, 1.807) is 0 Å². The number of aryl methyl sites for hydroxylation is 1. The molecule has 0 aliphatic rings. The first-order valence-electron chi connectivity index (χ1n) is 6.64. The second kappa shape index (κ2) is 5.99. The third-order valence-corrected chi connectivity index (χ3v) is 3.39. The Bertz CT molecular complexity index is 513. The zero-order valence-corrected chi connectivity index (χ0v) is 11.8. The average molecular weight is 258 g/mol. The Kier molecular flexibility index (Phi) is 4.35. The van der Waals surface area contributed by atoms with E-state index in [0.717, 1.165) is 12.1 Å². The van der Waals surface area contributed by atoms with Crippen molar-refractivity contribution in [2.24, 2.45) is 12.9 Å². The molecule has 0 saturated heterocycles. The summed E-state index contributed by atoms with van der Waals surface area (Å²) < 4.78 is 1.81. The Labute approximate surface area is 114 Å². The van der Waals surface area contributed by atoms with Gasteiger partial charge in [0, 0.05) is 19.7 Å². The van der Waals surface area contributed by atoms with Gasteiger partial charge in [-0.15, -0.1) is 0 Å². The smallest absolute Gasteiger partial charge is 0.0643 e.